The molecule has 4 rings (SSSR count). The minimum Gasteiger partial charge on any atom is -0.507 e. The van der Waals surface area contributed by atoms with E-state index in [-0.39, 0.29) is 11.3 Å². The number of anilines is 1. The lowest BCUT2D eigenvalue weighted by molar-refractivity contribution is -0.132. The predicted molar refractivity (Wildman–Crippen MR) is 129 cm³/mol. The Morgan fingerprint density at radius 3 is 2.29 bits per heavy atom. The number of hydrogen-bond acceptors (Lipinski definition) is 6. The van der Waals surface area contributed by atoms with E-state index in [4.69, 9.17) is 9.47 Å². The number of benzene rings is 2. The van der Waals surface area contributed by atoms with Gasteiger partial charge in [-0.25, -0.2) is 0 Å². The average molecular weight is 459 g/mol. The zero-order valence-electron chi connectivity index (χ0n) is 19.5. The van der Waals surface area contributed by atoms with Gasteiger partial charge in [0.1, 0.15) is 5.76 Å². The highest BCUT2D eigenvalue weighted by Gasteiger charge is 2.47. The Morgan fingerprint density at radius 2 is 1.68 bits per heavy atom. The number of ether oxygens (including phenoxy) is 2. The fraction of sp³-hybridized carbons (Fsp3) is 0.222. The number of carbonyl (C=O) groups excluding carboxylic acids is 2. The van der Waals surface area contributed by atoms with Crippen molar-refractivity contribution < 1.29 is 24.2 Å². The molecule has 0 radical (unpaired) electrons. The average Bonchev–Trinajstić information content (AvgIpc) is 3.09. The number of Topliss-reactive ketones (excluding diaryl/α,β-unsaturated/α-hetero) is 1. The second-order valence-electron chi connectivity index (χ2n) is 8.09. The van der Waals surface area contributed by atoms with Crippen molar-refractivity contribution in [1.29, 1.82) is 0 Å². The molecule has 0 aliphatic carbocycles. The van der Waals surface area contributed by atoms with Gasteiger partial charge in [-0.3, -0.25) is 19.5 Å². The Balaban J connectivity index is 1.98. The van der Waals surface area contributed by atoms with Crippen molar-refractivity contribution in [2.45, 2.75) is 26.8 Å². The minimum atomic E-state index is -0.862. The lowest BCUT2D eigenvalue weighted by Crippen LogP contribution is -2.29. The Kier molecular flexibility index (Phi) is 6.36. The summed E-state index contributed by atoms with van der Waals surface area (Å²) in [5, 5.41) is 11.2. The molecule has 1 unspecified atom stereocenters. The van der Waals surface area contributed by atoms with Crippen LogP contribution in [0.4, 0.5) is 5.69 Å². The van der Waals surface area contributed by atoms with Gasteiger partial charge in [0.2, 0.25) is 0 Å². The third-order valence-corrected chi connectivity index (χ3v) is 5.69. The number of hydrogen-bond donors (Lipinski definition) is 1. The van der Waals surface area contributed by atoms with Crippen molar-refractivity contribution >= 4 is 23.1 Å². The van der Waals surface area contributed by atoms with Crippen molar-refractivity contribution in [2.75, 3.05) is 18.6 Å². The lowest BCUT2D eigenvalue weighted by atomic mass is 9.95. The molecule has 34 heavy (non-hydrogen) atoms. The molecule has 3 aromatic rings. The highest BCUT2D eigenvalue weighted by Crippen LogP contribution is 2.44. The second kappa shape index (κ2) is 9.39. The molecule has 2 aromatic carbocycles. The van der Waals surface area contributed by atoms with E-state index in [2.05, 4.69) is 4.98 Å². The number of rotatable bonds is 6. The van der Waals surface area contributed by atoms with Crippen molar-refractivity contribution in [3.8, 4) is 11.5 Å². The highest BCUT2D eigenvalue weighted by atomic mass is 16.5. The number of aryl methyl sites for hydroxylation is 2. The molecule has 1 amide bonds. The Labute approximate surface area is 198 Å². The number of aliphatic hydroxyl groups excluding tert-OH is 1. The molecule has 1 aliphatic heterocycles. The van der Waals surface area contributed by atoms with Crippen molar-refractivity contribution in [1.82, 2.24) is 4.98 Å². The smallest absolute Gasteiger partial charge is 0.300 e. The first-order valence-electron chi connectivity index (χ1n) is 11.0. The summed E-state index contributed by atoms with van der Waals surface area (Å²) in [6, 6.07) is 13.3. The molecule has 7 nitrogen and oxygen atoms in total. The summed E-state index contributed by atoms with van der Waals surface area (Å²) in [6.45, 7) is 6.13. The van der Waals surface area contributed by atoms with Crippen LogP contribution in [0.2, 0.25) is 0 Å². The van der Waals surface area contributed by atoms with Crippen LogP contribution in [0.15, 0.2) is 66.5 Å². The van der Waals surface area contributed by atoms with Crippen LogP contribution < -0.4 is 14.4 Å². The number of aliphatic hydroxyl groups is 1. The molecule has 1 saturated heterocycles. The van der Waals surface area contributed by atoms with E-state index in [1.165, 1.54) is 17.3 Å². The molecule has 1 aromatic heterocycles. The first-order valence-corrected chi connectivity index (χ1v) is 11.0. The van der Waals surface area contributed by atoms with Gasteiger partial charge in [0.25, 0.3) is 11.7 Å². The monoisotopic (exact) mass is 458 g/mol. The Bertz CT molecular complexity index is 1260. The summed E-state index contributed by atoms with van der Waals surface area (Å²) in [4.78, 5) is 32.1. The second-order valence-corrected chi connectivity index (χ2v) is 8.09. The van der Waals surface area contributed by atoms with Crippen molar-refractivity contribution in [3.63, 3.8) is 0 Å². The van der Waals surface area contributed by atoms with Crippen molar-refractivity contribution in [2.24, 2.45) is 0 Å². The molecule has 0 spiro atoms. The molecule has 1 aliphatic rings. The number of methoxy groups -OCH3 is 1. The molecule has 0 bridgehead atoms. The largest absolute Gasteiger partial charge is 0.507 e. The number of aromatic nitrogens is 1. The molecule has 7 heteroatoms. The van der Waals surface area contributed by atoms with Gasteiger partial charge in [0, 0.05) is 23.6 Å². The van der Waals surface area contributed by atoms with Gasteiger partial charge in [-0.05, 0) is 73.9 Å². The summed E-state index contributed by atoms with van der Waals surface area (Å²) < 4.78 is 11.1. The van der Waals surface area contributed by atoms with Crippen LogP contribution in [0.25, 0.3) is 5.76 Å². The quantitative estimate of drug-likeness (QED) is 0.326. The van der Waals surface area contributed by atoms with Crippen LogP contribution in [0.1, 0.15) is 35.2 Å². The minimum absolute atomic E-state index is 0.00275. The van der Waals surface area contributed by atoms with Crippen LogP contribution in [-0.4, -0.2) is 35.5 Å². The van der Waals surface area contributed by atoms with Crippen LogP contribution in [0, 0.1) is 13.8 Å². The molecule has 174 valence electrons. The zero-order chi connectivity index (χ0) is 24.4. The molecular weight excluding hydrogens is 432 g/mol. The van der Waals surface area contributed by atoms with Gasteiger partial charge in [-0.15, -0.1) is 0 Å². The maximum atomic E-state index is 13.4. The Morgan fingerprint density at radius 1 is 1.00 bits per heavy atom. The number of pyridine rings is 1. The Hall–Kier alpha value is -4.13. The molecule has 1 N–H and O–H groups in total. The third-order valence-electron chi connectivity index (χ3n) is 5.69. The maximum Gasteiger partial charge on any atom is 0.300 e. The van der Waals surface area contributed by atoms with E-state index in [0.29, 0.717) is 34.9 Å². The van der Waals surface area contributed by atoms with Gasteiger partial charge in [0.05, 0.1) is 25.3 Å². The first-order chi connectivity index (χ1) is 16.3. The summed E-state index contributed by atoms with van der Waals surface area (Å²) in [5.41, 5.74) is 3.49. The summed E-state index contributed by atoms with van der Waals surface area (Å²) in [7, 11) is 1.54. The topological polar surface area (TPSA) is 89.0 Å². The SMILES string of the molecule is CCOc1cc(C2/C(=C(/O)c3ccncc3)C(=O)C(=O)N2c2cc(C)cc(C)c2)ccc1OC. The standard InChI is InChI=1S/C27H26N2O5/c1-5-34-22-15-19(6-7-21(22)33-4)24-23(25(30)18-8-10-28-11-9-18)26(31)27(32)29(24)20-13-16(2)12-17(3)14-20/h6-15,24,30H,5H2,1-4H3/b25-23-. The predicted octanol–water partition coefficient (Wildman–Crippen LogP) is 4.73. The van der Waals surface area contributed by atoms with E-state index in [9.17, 15) is 14.7 Å². The van der Waals surface area contributed by atoms with Crippen LogP contribution in [-0.2, 0) is 9.59 Å². The van der Waals surface area contributed by atoms with Gasteiger partial charge in [-0.2, -0.15) is 0 Å². The van der Waals surface area contributed by atoms with E-state index in [1.54, 1.807) is 37.4 Å². The normalized spacial score (nSPS) is 17.2. The van der Waals surface area contributed by atoms with Gasteiger partial charge in [0.15, 0.2) is 11.5 Å². The zero-order valence-corrected chi connectivity index (χ0v) is 19.5. The van der Waals surface area contributed by atoms with Crippen LogP contribution in [0.5, 0.6) is 11.5 Å². The number of amides is 1. The summed E-state index contributed by atoms with van der Waals surface area (Å²) >= 11 is 0. The lowest BCUT2D eigenvalue weighted by Gasteiger charge is -2.26. The maximum absolute atomic E-state index is 13.4. The van der Waals surface area contributed by atoms with Gasteiger partial charge in [-0.1, -0.05) is 12.1 Å². The van der Waals surface area contributed by atoms with Crippen LogP contribution >= 0.6 is 0 Å². The first kappa shape index (κ1) is 23.0. The van der Waals surface area contributed by atoms with E-state index >= 15 is 0 Å². The van der Waals surface area contributed by atoms with Gasteiger partial charge >= 0.3 is 0 Å². The van der Waals surface area contributed by atoms with Gasteiger partial charge < -0.3 is 14.6 Å². The summed E-state index contributed by atoms with van der Waals surface area (Å²) in [5.74, 6) is -0.710. The fourth-order valence-electron chi connectivity index (χ4n) is 4.30. The van der Waals surface area contributed by atoms with E-state index in [1.807, 2.05) is 39.0 Å². The molecule has 2 heterocycles. The summed E-state index contributed by atoms with van der Waals surface area (Å²) in [6.07, 6.45) is 3.04. The fourth-order valence-corrected chi connectivity index (χ4v) is 4.30. The number of carbonyl (C=O) groups is 2. The number of nitrogens with zero attached hydrogens (tertiary/aromatic N) is 2. The van der Waals surface area contributed by atoms with E-state index < -0.39 is 17.7 Å². The number of ketones is 1. The molecule has 0 saturated carbocycles. The van der Waals surface area contributed by atoms with E-state index in [0.717, 1.165) is 11.1 Å². The van der Waals surface area contributed by atoms with Crippen molar-refractivity contribution in [3.05, 3.63) is 88.8 Å². The molecular formula is C27H26N2O5. The molecule has 1 atom stereocenters. The van der Waals surface area contributed by atoms with Crippen LogP contribution in [0.3, 0.4) is 0 Å². The molecule has 1 fully saturated rings. The third kappa shape index (κ3) is 4.12. The highest BCUT2D eigenvalue weighted by molar-refractivity contribution is 6.51.